The summed E-state index contributed by atoms with van der Waals surface area (Å²) in [4.78, 5) is 0. The zero-order chi connectivity index (χ0) is 15.3. The van der Waals surface area contributed by atoms with E-state index in [1.807, 2.05) is 36.4 Å². The molecule has 0 saturated carbocycles. The maximum Gasteiger partial charge on any atom is 0.120 e. The van der Waals surface area contributed by atoms with Crippen LogP contribution in [0.25, 0.3) is 0 Å². The van der Waals surface area contributed by atoms with E-state index in [0.717, 1.165) is 22.9 Å². The molecule has 2 aromatic rings. The van der Waals surface area contributed by atoms with Crippen LogP contribution in [-0.2, 0) is 13.2 Å². The number of hydrogen-bond acceptors (Lipinski definition) is 2. The summed E-state index contributed by atoms with van der Waals surface area (Å²) in [7, 11) is 0. The third-order valence-electron chi connectivity index (χ3n) is 3.02. The highest BCUT2D eigenvalue weighted by atomic mass is 35.5. The molecule has 0 bridgehead atoms. The molecule has 0 amide bonds. The number of nitrogens with one attached hydrogen (secondary N) is 1. The highest BCUT2D eigenvalue weighted by molar-refractivity contribution is 6.30. The predicted molar refractivity (Wildman–Crippen MR) is 88.8 cm³/mol. The Bertz CT molecular complexity index is 590. The molecule has 0 fully saturated rings. The Morgan fingerprint density at radius 2 is 1.71 bits per heavy atom. The van der Waals surface area contributed by atoms with E-state index < -0.39 is 0 Å². The first-order valence-corrected chi connectivity index (χ1v) is 7.51. The Kier molecular flexibility index (Phi) is 5.27. The summed E-state index contributed by atoms with van der Waals surface area (Å²) in [5.41, 5.74) is 2.40. The first-order valence-electron chi connectivity index (χ1n) is 7.14. The van der Waals surface area contributed by atoms with E-state index in [1.54, 1.807) is 0 Å². The van der Waals surface area contributed by atoms with Crippen molar-refractivity contribution in [3.63, 3.8) is 0 Å². The molecule has 2 rings (SSSR count). The molecule has 0 atom stereocenters. The standard InChI is InChI=1S/C18H22ClNO/c1-18(2,3)20-12-14-6-5-9-17(11-14)21-13-15-7-4-8-16(19)10-15/h4-11,20H,12-13H2,1-3H3. The Hall–Kier alpha value is -1.51. The number of benzene rings is 2. The van der Waals surface area contributed by atoms with Gasteiger partial charge in [-0.25, -0.2) is 0 Å². The van der Waals surface area contributed by atoms with E-state index in [1.165, 1.54) is 5.56 Å². The predicted octanol–water partition coefficient (Wildman–Crippen LogP) is 4.81. The van der Waals surface area contributed by atoms with Gasteiger partial charge in [-0.05, 0) is 56.2 Å². The van der Waals surface area contributed by atoms with E-state index in [4.69, 9.17) is 16.3 Å². The molecule has 0 aliphatic rings. The third-order valence-corrected chi connectivity index (χ3v) is 3.25. The highest BCUT2D eigenvalue weighted by Crippen LogP contribution is 2.17. The minimum Gasteiger partial charge on any atom is -0.489 e. The molecule has 2 aromatic carbocycles. The molecule has 21 heavy (non-hydrogen) atoms. The average molecular weight is 304 g/mol. The van der Waals surface area contributed by atoms with Crippen LogP contribution < -0.4 is 10.1 Å². The maximum atomic E-state index is 5.97. The van der Waals surface area contributed by atoms with Crippen LogP contribution in [0.2, 0.25) is 5.02 Å². The second kappa shape index (κ2) is 6.97. The van der Waals surface area contributed by atoms with Crippen molar-refractivity contribution < 1.29 is 4.74 Å². The van der Waals surface area contributed by atoms with Crippen molar-refractivity contribution in [2.75, 3.05) is 0 Å². The van der Waals surface area contributed by atoms with Crippen molar-refractivity contribution in [1.82, 2.24) is 5.32 Å². The lowest BCUT2D eigenvalue weighted by atomic mass is 10.1. The molecule has 2 nitrogen and oxygen atoms in total. The van der Waals surface area contributed by atoms with Crippen molar-refractivity contribution in [2.45, 2.75) is 39.5 Å². The minimum absolute atomic E-state index is 0.109. The maximum absolute atomic E-state index is 5.97. The van der Waals surface area contributed by atoms with Crippen LogP contribution in [0, 0.1) is 0 Å². The van der Waals surface area contributed by atoms with Gasteiger partial charge in [-0.15, -0.1) is 0 Å². The molecular weight excluding hydrogens is 282 g/mol. The fraction of sp³-hybridized carbons (Fsp3) is 0.333. The lowest BCUT2D eigenvalue weighted by Crippen LogP contribution is -2.35. The number of rotatable bonds is 5. The molecule has 0 aliphatic heterocycles. The monoisotopic (exact) mass is 303 g/mol. The van der Waals surface area contributed by atoms with E-state index in [0.29, 0.717) is 6.61 Å². The summed E-state index contributed by atoms with van der Waals surface area (Å²) in [5.74, 6) is 0.878. The van der Waals surface area contributed by atoms with Gasteiger partial charge in [-0.3, -0.25) is 0 Å². The smallest absolute Gasteiger partial charge is 0.120 e. The molecule has 112 valence electrons. The van der Waals surface area contributed by atoms with Gasteiger partial charge in [0.25, 0.3) is 0 Å². The van der Waals surface area contributed by atoms with Crippen LogP contribution in [-0.4, -0.2) is 5.54 Å². The third kappa shape index (κ3) is 5.78. The highest BCUT2D eigenvalue weighted by Gasteiger charge is 2.08. The van der Waals surface area contributed by atoms with Crippen LogP contribution in [0.1, 0.15) is 31.9 Å². The first kappa shape index (κ1) is 15.9. The van der Waals surface area contributed by atoms with Crippen molar-refractivity contribution >= 4 is 11.6 Å². The number of hydrogen-bond donors (Lipinski definition) is 1. The Morgan fingerprint density at radius 1 is 1.00 bits per heavy atom. The number of ether oxygens (including phenoxy) is 1. The van der Waals surface area contributed by atoms with Crippen molar-refractivity contribution in [3.05, 3.63) is 64.7 Å². The molecule has 0 aliphatic carbocycles. The molecule has 0 spiro atoms. The van der Waals surface area contributed by atoms with E-state index in [2.05, 4.69) is 38.2 Å². The molecule has 1 N–H and O–H groups in total. The minimum atomic E-state index is 0.109. The van der Waals surface area contributed by atoms with Gasteiger partial charge in [0.15, 0.2) is 0 Å². The van der Waals surface area contributed by atoms with Gasteiger partial charge < -0.3 is 10.1 Å². The van der Waals surface area contributed by atoms with E-state index in [9.17, 15) is 0 Å². The van der Waals surface area contributed by atoms with Gasteiger partial charge in [0.2, 0.25) is 0 Å². The van der Waals surface area contributed by atoms with Gasteiger partial charge >= 0.3 is 0 Å². The SMILES string of the molecule is CC(C)(C)NCc1cccc(OCc2cccc(Cl)c2)c1. The lowest BCUT2D eigenvalue weighted by molar-refractivity contribution is 0.305. The zero-order valence-corrected chi connectivity index (χ0v) is 13.6. The normalized spacial score (nSPS) is 11.4. The second-order valence-electron chi connectivity index (χ2n) is 6.17. The average Bonchev–Trinajstić information content (AvgIpc) is 2.43. The summed E-state index contributed by atoms with van der Waals surface area (Å²) in [6.07, 6.45) is 0. The summed E-state index contributed by atoms with van der Waals surface area (Å²) in [6.45, 7) is 7.83. The fourth-order valence-corrected chi connectivity index (χ4v) is 2.12. The van der Waals surface area contributed by atoms with Gasteiger partial charge in [0.05, 0.1) is 0 Å². The lowest BCUT2D eigenvalue weighted by Gasteiger charge is -2.20. The van der Waals surface area contributed by atoms with Crippen LogP contribution in [0.15, 0.2) is 48.5 Å². The van der Waals surface area contributed by atoms with E-state index in [-0.39, 0.29) is 5.54 Å². The van der Waals surface area contributed by atoms with Gasteiger partial charge in [0, 0.05) is 17.1 Å². The Balaban J connectivity index is 1.95. The molecule has 0 radical (unpaired) electrons. The fourth-order valence-electron chi connectivity index (χ4n) is 1.91. The van der Waals surface area contributed by atoms with Crippen LogP contribution in [0.5, 0.6) is 5.75 Å². The molecule has 0 aromatic heterocycles. The first-order chi connectivity index (χ1) is 9.92. The number of halogens is 1. The van der Waals surface area contributed by atoms with Gasteiger partial charge in [-0.1, -0.05) is 35.9 Å². The topological polar surface area (TPSA) is 21.3 Å². The molecule has 0 heterocycles. The molecule has 3 heteroatoms. The van der Waals surface area contributed by atoms with Crippen LogP contribution >= 0.6 is 11.6 Å². The largest absolute Gasteiger partial charge is 0.489 e. The molecular formula is C18H22ClNO. The Labute approximate surface area is 132 Å². The Morgan fingerprint density at radius 3 is 2.43 bits per heavy atom. The molecule has 0 saturated heterocycles. The van der Waals surface area contributed by atoms with Crippen LogP contribution in [0.4, 0.5) is 0 Å². The van der Waals surface area contributed by atoms with Crippen molar-refractivity contribution in [2.24, 2.45) is 0 Å². The zero-order valence-electron chi connectivity index (χ0n) is 12.8. The second-order valence-corrected chi connectivity index (χ2v) is 6.61. The van der Waals surface area contributed by atoms with Gasteiger partial charge in [-0.2, -0.15) is 0 Å². The van der Waals surface area contributed by atoms with Gasteiger partial charge in [0.1, 0.15) is 12.4 Å². The van der Waals surface area contributed by atoms with E-state index >= 15 is 0 Å². The summed E-state index contributed by atoms with van der Waals surface area (Å²) >= 11 is 5.97. The molecule has 0 unspecified atom stereocenters. The van der Waals surface area contributed by atoms with Crippen LogP contribution in [0.3, 0.4) is 0 Å². The van der Waals surface area contributed by atoms with Crippen molar-refractivity contribution in [3.8, 4) is 5.75 Å². The summed E-state index contributed by atoms with van der Waals surface area (Å²) in [5, 5.41) is 4.21. The summed E-state index contributed by atoms with van der Waals surface area (Å²) < 4.78 is 5.83. The summed E-state index contributed by atoms with van der Waals surface area (Å²) in [6, 6.07) is 15.9. The quantitative estimate of drug-likeness (QED) is 0.856. The van der Waals surface area contributed by atoms with Crippen molar-refractivity contribution in [1.29, 1.82) is 0 Å².